The first kappa shape index (κ1) is 12.4. The molecule has 19 heavy (non-hydrogen) atoms. The standard InChI is InChI=1S/C13H15N3O2S/c17-12(18)9-1-3-10(4-2-9)16-8-11-7-14-5-6-15(11)13(16)19/h1-4,11,14H,5-8H2,(H,17,18). The number of nitrogens with zero attached hydrogens (tertiary/aromatic N) is 2. The molecule has 2 aliphatic rings. The zero-order valence-corrected chi connectivity index (χ0v) is 11.2. The molecule has 1 unspecified atom stereocenters. The van der Waals surface area contributed by atoms with Crippen molar-refractivity contribution in [1.29, 1.82) is 0 Å². The number of aromatic carboxylic acids is 1. The predicted octanol–water partition coefficient (Wildman–Crippen LogP) is 0.763. The van der Waals surface area contributed by atoms with Gasteiger partial charge in [0.1, 0.15) is 0 Å². The molecule has 0 aliphatic carbocycles. The zero-order valence-electron chi connectivity index (χ0n) is 10.4. The summed E-state index contributed by atoms with van der Waals surface area (Å²) < 4.78 is 0. The van der Waals surface area contributed by atoms with E-state index >= 15 is 0 Å². The van der Waals surface area contributed by atoms with E-state index < -0.39 is 5.97 Å². The van der Waals surface area contributed by atoms with Crippen LogP contribution < -0.4 is 10.2 Å². The SMILES string of the molecule is O=C(O)c1ccc(N2CC3CNCCN3C2=S)cc1. The highest BCUT2D eigenvalue weighted by Crippen LogP contribution is 2.25. The molecule has 6 heteroatoms. The van der Waals surface area contributed by atoms with E-state index in [1.54, 1.807) is 12.1 Å². The molecular formula is C13H15N3O2S. The maximum Gasteiger partial charge on any atom is 0.335 e. The molecule has 0 amide bonds. The number of hydrogen-bond acceptors (Lipinski definition) is 3. The Hall–Kier alpha value is -1.66. The average molecular weight is 277 g/mol. The molecular weight excluding hydrogens is 262 g/mol. The molecule has 100 valence electrons. The third-order valence-corrected chi connectivity index (χ3v) is 4.10. The quantitative estimate of drug-likeness (QED) is 0.779. The van der Waals surface area contributed by atoms with Gasteiger partial charge in [-0.2, -0.15) is 0 Å². The minimum atomic E-state index is -0.905. The summed E-state index contributed by atoms with van der Waals surface area (Å²) in [5.74, 6) is -0.905. The monoisotopic (exact) mass is 277 g/mol. The van der Waals surface area contributed by atoms with Crippen molar-refractivity contribution in [2.75, 3.05) is 31.1 Å². The summed E-state index contributed by atoms with van der Waals surface area (Å²) in [6.07, 6.45) is 0. The fourth-order valence-corrected chi connectivity index (χ4v) is 3.04. The van der Waals surface area contributed by atoms with Crippen molar-refractivity contribution in [3.8, 4) is 0 Å². The Morgan fingerprint density at radius 2 is 2.11 bits per heavy atom. The van der Waals surface area contributed by atoms with E-state index in [1.165, 1.54) is 0 Å². The first-order valence-corrected chi connectivity index (χ1v) is 6.70. The first-order chi connectivity index (χ1) is 9.16. The van der Waals surface area contributed by atoms with Gasteiger partial charge < -0.3 is 20.2 Å². The molecule has 2 N–H and O–H groups in total. The van der Waals surface area contributed by atoms with E-state index in [4.69, 9.17) is 17.3 Å². The highest BCUT2D eigenvalue weighted by molar-refractivity contribution is 7.80. The lowest BCUT2D eigenvalue weighted by atomic mass is 10.2. The Labute approximate surface area is 116 Å². The molecule has 0 saturated carbocycles. The number of fused-ring (bicyclic) bond motifs is 1. The van der Waals surface area contributed by atoms with Gasteiger partial charge in [-0.15, -0.1) is 0 Å². The van der Waals surface area contributed by atoms with Crippen molar-refractivity contribution in [2.45, 2.75) is 6.04 Å². The largest absolute Gasteiger partial charge is 0.478 e. The number of nitrogens with one attached hydrogen (secondary N) is 1. The summed E-state index contributed by atoms with van der Waals surface area (Å²) in [6.45, 7) is 3.71. The van der Waals surface area contributed by atoms with Crippen LogP contribution in [-0.4, -0.2) is 53.3 Å². The highest BCUT2D eigenvalue weighted by atomic mass is 32.1. The van der Waals surface area contributed by atoms with Crippen molar-refractivity contribution in [3.05, 3.63) is 29.8 Å². The number of piperazine rings is 1. The number of thiocarbonyl (C=S) groups is 1. The highest BCUT2D eigenvalue weighted by Gasteiger charge is 2.36. The molecule has 1 aromatic carbocycles. The van der Waals surface area contributed by atoms with Crippen LogP contribution in [0.1, 0.15) is 10.4 Å². The number of benzene rings is 1. The molecule has 0 radical (unpaired) electrons. The smallest absolute Gasteiger partial charge is 0.335 e. The van der Waals surface area contributed by atoms with Crippen molar-refractivity contribution in [3.63, 3.8) is 0 Å². The van der Waals surface area contributed by atoms with Gasteiger partial charge >= 0.3 is 5.97 Å². The fourth-order valence-electron chi connectivity index (χ4n) is 2.62. The maximum absolute atomic E-state index is 10.8. The van der Waals surface area contributed by atoms with Gasteiger partial charge in [-0.25, -0.2) is 4.79 Å². The summed E-state index contributed by atoms with van der Waals surface area (Å²) in [6, 6.07) is 7.30. The lowest BCUT2D eigenvalue weighted by Crippen LogP contribution is -2.49. The summed E-state index contributed by atoms with van der Waals surface area (Å²) in [5.41, 5.74) is 1.26. The molecule has 0 bridgehead atoms. The van der Waals surface area contributed by atoms with E-state index in [0.717, 1.165) is 37.0 Å². The summed E-state index contributed by atoms with van der Waals surface area (Å²) >= 11 is 5.51. The van der Waals surface area contributed by atoms with E-state index in [0.29, 0.717) is 11.6 Å². The van der Waals surface area contributed by atoms with Crippen LogP contribution in [0.4, 0.5) is 5.69 Å². The van der Waals surface area contributed by atoms with E-state index in [2.05, 4.69) is 15.1 Å². The second-order valence-electron chi connectivity index (χ2n) is 4.80. The van der Waals surface area contributed by atoms with Gasteiger partial charge in [-0.3, -0.25) is 0 Å². The molecule has 2 saturated heterocycles. The molecule has 0 spiro atoms. The van der Waals surface area contributed by atoms with Crippen molar-refractivity contribution in [1.82, 2.24) is 10.2 Å². The number of carbonyl (C=O) groups is 1. The number of carboxylic acid groups (broad SMARTS) is 1. The van der Waals surface area contributed by atoms with Crippen molar-refractivity contribution in [2.24, 2.45) is 0 Å². The van der Waals surface area contributed by atoms with Crippen LogP contribution in [0.2, 0.25) is 0 Å². The van der Waals surface area contributed by atoms with Crippen LogP contribution >= 0.6 is 12.2 Å². The third-order valence-electron chi connectivity index (χ3n) is 3.65. The lowest BCUT2D eigenvalue weighted by Gasteiger charge is -2.30. The van der Waals surface area contributed by atoms with E-state index in [1.807, 2.05) is 12.1 Å². The summed E-state index contributed by atoms with van der Waals surface area (Å²) in [5, 5.41) is 13.1. The normalized spacial score (nSPS) is 22.5. The maximum atomic E-state index is 10.8. The molecule has 1 aromatic rings. The Morgan fingerprint density at radius 1 is 1.37 bits per heavy atom. The van der Waals surface area contributed by atoms with Crippen LogP contribution in [0.3, 0.4) is 0 Å². The number of anilines is 1. The molecule has 0 aromatic heterocycles. The molecule has 3 rings (SSSR count). The van der Waals surface area contributed by atoms with Crippen molar-refractivity contribution < 1.29 is 9.90 Å². The second-order valence-corrected chi connectivity index (χ2v) is 5.16. The van der Waals surface area contributed by atoms with Gasteiger partial charge in [-0.05, 0) is 36.5 Å². The third kappa shape index (κ3) is 2.17. The van der Waals surface area contributed by atoms with E-state index in [9.17, 15) is 4.79 Å². The van der Waals surface area contributed by atoms with Crippen LogP contribution in [0.15, 0.2) is 24.3 Å². The Balaban J connectivity index is 1.82. The van der Waals surface area contributed by atoms with Crippen LogP contribution in [0.5, 0.6) is 0 Å². The Morgan fingerprint density at radius 3 is 2.74 bits per heavy atom. The molecule has 2 fully saturated rings. The Bertz CT molecular complexity index is 517. The summed E-state index contributed by atoms with van der Waals surface area (Å²) in [4.78, 5) is 15.2. The topological polar surface area (TPSA) is 55.8 Å². The number of hydrogen-bond donors (Lipinski definition) is 2. The van der Waals surface area contributed by atoms with Crippen LogP contribution in [0, 0.1) is 0 Å². The van der Waals surface area contributed by atoms with Crippen LogP contribution in [-0.2, 0) is 0 Å². The molecule has 1 atom stereocenters. The minimum Gasteiger partial charge on any atom is -0.478 e. The first-order valence-electron chi connectivity index (χ1n) is 6.29. The lowest BCUT2D eigenvalue weighted by molar-refractivity contribution is 0.0697. The Kier molecular flexibility index (Phi) is 3.12. The second kappa shape index (κ2) is 4.79. The summed E-state index contributed by atoms with van der Waals surface area (Å²) in [7, 11) is 0. The van der Waals surface area contributed by atoms with Gasteiger partial charge in [0.15, 0.2) is 5.11 Å². The van der Waals surface area contributed by atoms with Gasteiger partial charge in [0.25, 0.3) is 0 Å². The minimum absolute atomic E-state index is 0.299. The zero-order chi connectivity index (χ0) is 13.4. The molecule has 2 aliphatic heterocycles. The van der Waals surface area contributed by atoms with Gasteiger partial charge in [0.05, 0.1) is 11.6 Å². The van der Waals surface area contributed by atoms with Gasteiger partial charge in [0.2, 0.25) is 0 Å². The van der Waals surface area contributed by atoms with E-state index in [-0.39, 0.29) is 0 Å². The predicted molar refractivity (Wildman–Crippen MR) is 76.7 cm³/mol. The van der Waals surface area contributed by atoms with Crippen molar-refractivity contribution >= 4 is 29.0 Å². The number of rotatable bonds is 2. The number of carboxylic acids is 1. The van der Waals surface area contributed by atoms with Gasteiger partial charge in [-0.1, -0.05) is 0 Å². The van der Waals surface area contributed by atoms with Gasteiger partial charge in [0, 0.05) is 31.9 Å². The van der Waals surface area contributed by atoms with Crippen LogP contribution in [0.25, 0.3) is 0 Å². The molecule has 2 heterocycles. The average Bonchev–Trinajstić information content (AvgIpc) is 2.77. The molecule has 5 nitrogen and oxygen atoms in total. The fraction of sp³-hybridized carbons (Fsp3) is 0.385.